The molecule has 12 nitrogen and oxygen atoms in total. The Labute approximate surface area is 387 Å². The van der Waals surface area contributed by atoms with Gasteiger partial charge in [-0.15, -0.1) is 0 Å². The third kappa shape index (κ3) is 34.4. The molecule has 1 fully saturated rings. The number of esters is 2. The molecule has 1 aliphatic heterocycles. The zero-order valence-electron chi connectivity index (χ0n) is 39.4. The summed E-state index contributed by atoms with van der Waals surface area (Å²) in [5.74, 6) is -2.08. The van der Waals surface area contributed by atoms with Gasteiger partial charge in [0.05, 0.1) is 6.61 Å². The van der Waals surface area contributed by atoms with Crippen LogP contribution in [0.15, 0.2) is 72.9 Å². The van der Waals surface area contributed by atoms with Gasteiger partial charge in [-0.25, -0.2) is 0 Å². The van der Waals surface area contributed by atoms with E-state index in [0.29, 0.717) is 19.3 Å². The van der Waals surface area contributed by atoms with E-state index in [1.807, 2.05) is 12.2 Å². The summed E-state index contributed by atoms with van der Waals surface area (Å²) in [6, 6.07) is 0. The van der Waals surface area contributed by atoms with E-state index in [-0.39, 0.29) is 19.4 Å². The summed E-state index contributed by atoms with van der Waals surface area (Å²) >= 11 is 0. The van der Waals surface area contributed by atoms with Gasteiger partial charge in [0, 0.05) is 12.8 Å². The van der Waals surface area contributed by atoms with Crippen LogP contribution in [0.1, 0.15) is 181 Å². The SMILES string of the molecule is CCCCC/C=C/C/C=C/CCCCCCCC(=O)OC[C@H](CO[C@H]1O[C@H](CS(=O)(=O)O)[C@@H](O)C(O)C1O)OC(=O)CCC/C=C/C/C=C/C/C=C/C/C=C/CCCCCCCCC. The number of carbonyl (C=O) groups is 2. The Bertz CT molecular complexity index is 1450. The monoisotopic (exact) mass is 923 g/mol. The first-order valence-electron chi connectivity index (χ1n) is 24.5. The van der Waals surface area contributed by atoms with Gasteiger partial charge in [-0.1, -0.05) is 157 Å². The molecule has 1 saturated heterocycles. The zero-order chi connectivity index (χ0) is 46.9. The summed E-state index contributed by atoms with van der Waals surface area (Å²) < 4.78 is 54.1. The maximum absolute atomic E-state index is 12.8. The van der Waals surface area contributed by atoms with Gasteiger partial charge in [0.25, 0.3) is 10.1 Å². The molecule has 0 radical (unpaired) electrons. The molecule has 0 spiro atoms. The molecule has 13 heteroatoms. The fourth-order valence-electron chi connectivity index (χ4n) is 6.93. The number of hydrogen-bond acceptors (Lipinski definition) is 11. The minimum Gasteiger partial charge on any atom is -0.462 e. The number of aliphatic hydroxyl groups excluding tert-OH is 3. The van der Waals surface area contributed by atoms with Crippen LogP contribution in [0.3, 0.4) is 0 Å². The zero-order valence-corrected chi connectivity index (χ0v) is 40.2. The molecule has 0 aromatic rings. The lowest BCUT2D eigenvalue weighted by molar-refractivity contribution is -0.297. The van der Waals surface area contributed by atoms with E-state index < -0.39 is 71.2 Å². The van der Waals surface area contributed by atoms with E-state index in [1.165, 1.54) is 64.2 Å². The second-order valence-corrected chi connectivity index (χ2v) is 18.3. The number of ether oxygens (including phenoxy) is 4. The summed E-state index contributed by atoms with van der Waals surface area (Å²) in [4.78, 5) is 25.4. The van der Waals surface area contributed by atoms with Crippen molar-refractivity contribution in [2.75, 3.05) is 19.0 Å². The van der Waals surface area contributed by atoms with Crippen LogP contribution in [0.25, 0.3) is 0 Å². The fraction of sp³-hybridized carbons (Fsp3) is 0.725. The van der Waals surface area contributed by atoms with Crippen molar-refractivity contribution in [3.63, 3.8) is 0 Å². The molecule has 0 aliphatic carbocycles. The van der Waals surface area contributed by atoms with Crippen molar-refractivity contribution in [1.82, 2.24) is 0 Å². The minimum absolute atomic E-state index is 0.0821. The second kappa shape index (κ2) is 40.4. The third-order valence-electron chi connectivity index (χ3n) is 10.8. The van der Waals surface area contributed by atoms with Gasteiger partial charge in [-0.3, -0.25) is 14.1 Å². The minimum atomic E-state index is -4.62. The summed E-state index contributed by atoms with van der Waals surface area (Å²) in [5, 5.41) is 30.9. The van der Waals surface area contributed by atoms with Gasteiger partial charge in [0.15, 0.2) is 12.4 Å². The van der Waals surface area contributed by atoms with Crippen molar-refractivity contribution in [3.8, 4) is 0 Å². The van der Waals surface area contributed by atoms with Crippen LogP contribution in [-0.2, 0) is 38.7 Å². The second-order valence-electron chi connectivity index (χ2n) is 16.8. The van der Waals surface area contributed by atoms with E-state index in [0.717, 1.165) is 70.6 Å². The molecule has 4 N–H and O–H groups in total. The highest BCUT2D eigenvalue weighted by molar-refractivity contribution is 7.85. The molecule has 2 unspecified atom stereocenters. The molecule has 0 amide bonds. The van der Waals surface area contributed by atoms with E-state index in [9.17, 15) is 37.9 Å². The van der Waals surface area contributed by atoms with Crippen LogP contribution in [0, 0.1) is 0 Å². The summed E-state index contributed by atoms with van der Waals surface area (Å²) in [6.45, 7) is 3.67. The lowest BCUT2D eigenvalue weighted by Gasteiger charge is -2.40. The first kappa shape index (κ1) is 59.1. The normalized spacial score (nSPS) is 20.2. The van der Waals surface area contributed by atoms with E-state index >= 15 is 0 Å². The van der Waals surface area contributed by atoms with E-state index in [2.05, 4.69) is 74.6 Å². The van der Waals surface area contributed by atoms with Gasteiger partial charge < -0.3 is 34.3 Å². The number of allylic oxidation sites excluding steroid dienone is 12. The highest BCUT2D eigenvalue weighted by Crippen LogP contribution is 2.24. The van der Waals surface area contributed by atoms with Crippen LogP contribution in [0.4, 0.5) is 0 Å². The first-order chi connectivity index (χ1) is 31.0. The Morgan fingerprint density at radius 3 is 1.47 bits per heavy atom. The Morgan fingerprint density at radius 2 is 0.953 bits per heavy atom. The van der Waals surface area contributed by atoms with Crippen molar-refractivity contribution in [2.45, 2.75) is 218 Å². The molecular weight excluding hydrogens is 837 g/mol. The summed E-state index contributed by atoms with van der Waals surface area (Å²) in [5.41, 5.74) is 0. The van der Waals surface area contributed by atoms with Crippen LogP contribution in [-0.4, -0.2) is 96.0 Å². The smallest absolute Gasteiger partial charge is 0.306 e. The van der Waals surface area contributed by atoms with Crippen molar-refractivity contribution < 1.29 is 56.8 Å². The van der Waals surface area contributed by atoms with Crippen molar-refractivity contribution in [2.24, 2.45) is 0 Å². The largest absolute Gasteiger partial charge is 0.462 e. The predicted octanol–water partition coefficient (Wildman–Crippen LogP) is 10.7. The van der Waals surface area contributed by atoms with Gasteiger partial charge >= 0.3 is 11.9 Å². The number of aliphatic hydroxyl groups is 3. The molecule has 1 rings (SSSR count). The van der Waals surface area contributed by atoms with Crippen molar-refractivity contribution >= 4 is 22.1 Å². The lowest BCUT2D eigenvalue weighted by atomic mass is 10.00. The number of hydrogen-bond donors (Lipinski definition) is 4. The average Bonchev–Trinajstić information content (AvgIpc) is 3.26. The predicted molar refractivity (Wildman–Crippen MR) is 256 cm³/mol. The Kier molecular flexibility index (Phi) is 37.3. The number of unbranched alkanes of at least 4 members (excludes halogenated alkanes) is 16. The first-order valence-corrected chi connectivity index (χ1v) is 26.1. The summed E-state index contributed by atoms with van der Waals surface area (Å²) in [7, 11) is -4.62. The average molecular weight is 923 g/mol. The molecule has 64 heavy (non-hydrogen) atoms. The molecule has 1 heterocycles. The highest BCUT2D eigenvalue weighted by atomic mass is 32.2. The molecule has 0 aromatic heterocycles. The molecule has 368 valence electrons. The number of carbonyl (C=O) groups excluding carboxylic acids is 2. The Morgan fingerprint density at radius 1 is 0.531 bits per heavy atom. The van der Waals surface area contributed by atoms with Crippen LogP contribution >= 0.6 is 0 Å². The topological polar surface area (TPSA) is 186 Å². The molecule has 1 aliphatic rings. The maximum Gasteiger partial charge on any atom is 0.306 e. The molecule has 6 atom stereocenters. The van der Waals surface area contributed by atoms with Gasteiger partial charge in [0.1, 0.15) is 36.8 Å². The van der Waals surface area contributed by atoms with Crippen LogP contribution in [0.5, 0.6) is 0 Å². The summed E-state index contributed by atoms with van der Waals surface area (Å²) in [6.07, 6.45) is 42.3. The van der Waals surface area contributed by atoms with E-state index in [1.54, 1.807) is 0 Å². The molecule has 0 saturated carbocycles. The van der Waals surface area contributed by atoms with Gasteiger partial charge in [-0.05, 0) is 83.5 Å². The molecule has 0 aromatic carbocycles. The van der Waals surface area contributed by atoms with Crippen molar-refractivity contribution in [1.29, 1.82) is 0 Å². The van der Waals surface area contributed by atoms with Gasteiger partial charge in [0.2, 0.25) is 0 Å². The fourth-order valence-corrected chi connectivity index (χ4v) is 7.62. The maximum atomic E-state index is 12.8. The van der Waals surface area contributed by atoms with Crippen LogP contribution in [0.2, 0.25) is 0 Å². The highest BCUT2D eigenvalue weighted by Gasteiger charge is 2.46. The quantitative estimate of drug-likeness (QED) is 0.0198. The number of rotatable bonds is 40. The molecule has 0 bridgehead atoms. The lowest BCUT2D eigenvalue weighted by Crippen LogP contribution is -2.60. The van der Waals surface area contributed by atoms with Crippen LogP contribution < -0.4 is 0 Å². The van der Waals surface area contributed by atoms with E-state index in [4.69, 9.17) is 18.9 Å². The third-order valence-corrected chi connectivity index (χ3v) is 11.5. The van der Waals surface area contributed by atoms with Crippen molar-refractivity contribution in [3.05, 3.63) is 72.9 Å². The van der Waals surface area contributed by atoms with Gasteiger partial charge in [-0.2, -0.15) is 8.42 Å². The Hall–Kier alpha value is -2.91. The standard InChI is InChI=1S/C51H86O12S/c1-3-5-7-9-11-13-15-17-19-20-21-22-23-24-26-28-30-32-34-36-38-40-47(53)62-44(42-61-51-50(56)49(55)48(54)45(63-51)43-64(57,58)59)41-60-46(52)39-37-35-33-31-29-27-25-18-16-14-12-10-8-6-4-2/h12,14,18-20,22-23,25-26,28,32,34,44-45,48-51,54-56H,3-11,13,15-17,21,24,27,29-31,33,35-43H2,1-2H3,(H,57,58,59)/b14-12+,20-19+,23-22+,25-18+,28-26+,34-32+/t44-,45-,48-,49?,50?,51+/m1/s1. The Balaban J connectivity index is 2.47. The molecular formula is C51H86O12S.